The van der Waals surface area contributed by atoms with Crippen molar-refractivity contribution in [3.8, 4) is 16.9 Å². The number of rotatable bonds is 7. The molecule has 0 bridgehead atoms. The fraction of sp³-hybridized carbons (Fsp3) is 0.250. The molecule has 0 aliphatic heterocycles. The smallest absolute Gasteiger partial charge is 0.170 e. The van der Waals surface area contributed by atoms with Crippen molar-refractivity contribution in [1.82, 2.24) is 9.88 Å². The van der Waals surface area contributed by atoms with Crippen molar-refractivity contribution in [1.29, 1.82) is 0 Å². The van der Waals surface area contributed by atoms with Gasteiger partial charge in [0.1, 0.15) is 0 Å². The Hall–Kier alpha value is -3.15. The van der Waals surface area contributed by atoms with E-state index in [0.29, 0.717) is 11.5 Å². The Labute approximate surface area is 204 Å². The number of anilines is 2. The van der Waals surface area contributed by atoms with Crippen LogP contribution in [0.1, 0.15) is 24.0 Å². The second kappa shape index (κ2) is 9.24. The quantitative estimate of drug-likeness (QED) is 0.298. The van der Waals surface area contributed by atoms with Gasteiger partial charge in [-0.15, -0.1) is 0 Å². The number of aromatic hydroxyl groups is 1. The van der Waals surface area contributed by atoms with Gasteiger partial charge in [-0.05, 0) is 97.9 Å². The molecule has 34 heavy (non-hydrogen) atoms. The van der Waals surface area contributed by atoms with E-state index >= 15 is 0 Å². The maximum Gasteiger partial charge on any atom is 0.170 e. The average Bonchev–Trinajstić information content (AvgIpc) is 3.62. The van der Waals surface area contributed by atoms with Crippen LogP contribution >= 0.6 is 11.6 Å². The first kappa shape index (κ1) is 22.6. The van der Waals surface area contributed by atoms with E-state index in [-0.39, 0.29) is 5.02 Å². The molecule has 6 heteroatoms. The van der Waals surface area contributed by atoms with Crippen LogP contribution in [0.15, 0.2) is 60.8 Å². The van der Waals surface area contributed by atoms with Gasteiger partial charge in [0.15, 0.2) is 11.6 Å². The van der Waals surface area contributed by atoms with Gasteiger partial charge in [0.05, 0.1) is 16.2 Å². The molecule has 174 valence electrons. The number of halogens is 2. The zero-order valence-corrected chi connectivity index (χ0v) is 20.0. The number of nitrogens with one attached hydrogen (secondary N) is 1. The summed E-state index contributed by atoms with van der Waals surface area (Å²) in [5.41, 5.74) is 6.74. The summed E-state index contributed by atoms with van der Waals surface area (Å²) < 4.78 is 14.2. The molecule has 4 nitrogen and oxygen atoms in total. The fourth-order valence-corrected chi connectivity index (χ4v) is 4.55. The highest BCUT2D eigenvalue weighted by Crippen LogP contribution is 2.39. The highest BCUT2D eigenvalue weighted by Gasteiger charge is 2.24. The maximum absolute atomic E-state index is 14.2. The first-order valence-corrected chi connectivity index (χ1v) is 11.9. The van der Waals surface area contributed by atoms with E-state index in [1.54, 1.807) is 6.07 Å². The van der Waals surface area contributed by atoms with Gasteiger partial charge >= 0.3 is 0 Å². The standard InChI is InChI=1S/C28H27ClFN3O/c1-33(2)16-18-4-3-5-22(11-18)32-27-21(10-17-6-7-17)15-31-26-9-8-19(12-23(26)27)20-13-24(29)28(34)25(30)14-20/h3-5,8-9,11-15,17,34H,6-7,10,16H2,1-2H3,(H,31,32). The van der Waals surface area contributed by atoms with Crippen LogP contribution in [-0.2, 0) is 13.0 Å². The van der Waals surface area contributed by atoms with Crippen LogP contribution in [0, 0.1) is 11.7 Å². The largest absolute Gasteiger partial charge is 0.504 e. The highest BCUT2D eigenvalue weighted by molar-refractivity contribution is 6.32. The van der Waals surface area contributed by atoms with Gasteiger partial charge in [0.2, 0.25) is 0 Å². The number of benzene rings is 3. The van der Waals surface area contributed by atoms with Crippen LogP contribution in [0.25, 0.3) is 22.0 Å². The minimum Gasteiger partial charge on any atom is -0.504 e. The highest BCUT2D eigenvalue weighted by atomic mass is 35.5. The Balaban J connectivity index is 1.61. The van der Waals surface area contributed by atoms with E-state index in [4.69, 9.17) is 16.6 Å². The zero-order valence-electron chi connectivity index (χ0n) is 19.3. The third-order valence-electron chi connectivity index (χ3n) is 6.20. The first-order chi connectivity index (χ1) is 16.4. The summed E-state index contributed by atoms with van der Waals surface area (Å²) in [6.45, 7) is 0.860. The number of phenolic OH excluding ortho intramolecular Hbond substituents is 1. The molecule has 1 heterocycles. The summed E-state index contributed by atoms with van der Waals surface area (Å²) in [5, 5.41) is 14.4. The van der Waals surface area contributed by atoms with Gasteiger partial charge in [0.25, 0.3) is 0 Å². The third-order valence-corrected chi connectivity index (χ3v) is 6.49. The molecule has 0 amide bonds. The van der Waals surface area contributed by atoms with E-state index in [9.17, 15) is 9.50 Å². The van der Waals surface area contributed by atoms with Crippen molar-refractivity contribution in [2.75, 3.05) is 19.4 Å². The summed E-state index contributed by atoms with van der Waals surface area (Å²) in [7, 11) is 4.12. The normalized spacial score (nSPS) is 13.6. The molecule has 2 N–H and O–H groups in total. The predicted molar refractivity (Wildman–Crippen MR) is 137 cm³/mol. The molecule has 5 rings (SSSR count). The molecule has 0 saturated heterocycles. The lowest BCUT2D eigenvalue weighted by atomic mass is 9.99. The van der Waals surface area contributed by atoms with Crippen LogP contribution in [0.4, 0.5) is 15.8 Å². The monoisotopic (exact) mass is 475 g/mol. The van der Waals surface area contributed by atoms with Crippen molar-refractivity contribution in [2.45, 2.75) is 25.8 Å². The summed E-state index contributed by atoms with van der Waals surface area (Å²) in [6.07, 6.45) is 5.46. The lowest BCUT2D eigenvalue weighted by Gasteiger charge is -2.17. The lowest BCUT2D eigenvalue weighted by molar-refractivity contribution is 0.402. The van der Waals surface area contributed by atoms with Crippen molar-refractivity contribution >= 4 is 33.9 Å². The SMILES string of the molecule is CN(C)Cc1cccc(Nc2c(CC3CC3)cnc3ccc(-c4cc(F)c(O)c(Cl)c4)cc23)c1. The van der Waals surface area contributed by atoms with E-state index in [1.165, 1.54) is 30.0 Å². The molecule has 1 aliphatic carbocycles. The Morgan fingerprint density at radius 2 is 1.91 bits per heavy atom. The minimum atomic E-state index is -0.737. The molecule has 1 aliphatic rings. The van der Waals surface area contributed by atoms with Crippen LogP contribution in [0.5, 0.6) is 5.75 Å². The topological polar surface area (TPSA) is 48.4 Å². The second-order valence-corrected chi connectivity index (χ2v) is 9.80. The number of phenols is 1. The third kappa shape index (κ3) is 4.86. The molecule has 1 saturated carbocycles. The van der Waals surface area contributed by atoms with Crippen LogP contribution in [0.2, 0.25) is 5.02 Å². The molecule has 0 spiro atoms. The second-order valence-electron chi connectivity index (χ2n) is 9.39. The maximum atomic E-state index is 14.2. The number of hydrogen-bond donors (Lipinski definition) is 2. The summed E-state index contributed by atoms with van der Waals surface area (Å²) >= 11 is 6.05. The summed E-state index contributed by atoms with van der Waals surface area (Å²) in [4.78, 5) is 6.86. The van der Waals surface area contributed by atoms with Gasteiger partial charge in [-0.2, -0.15) is 0 Å². The first-order valence-electron chi connectivity index (χ1n) is 11.5. The zero-order chi connectivity index (χ0) is 23.8. The molecular weight excluding hydrogens is 449 g/mol. The molecule has 4 aromatic rings. The van der Waals surface area contributed by atoms with Gasteiger partial charge in [-0.25, -0.2) is 4.39 Å². The number of fused-ring (bicyclic) bond motifs is 1. The van der Waals surface area contributed by atoms with Crippen LogP contribution < -0.4 is 5.32 Å². The van der Waals surface area contributed by atoms with Gasteiger partial charge < -0.3 is 15.3 Å². The molecule has 0 radical (unpaired) electrons. The average molecular weight is 476 g/mol. The minimum absolute atomic E-state index is 0.00763. The predicted octanol–water partition coefficient (Wildman–Crippen LogP) is 7.16. The van der Waals surface area contributed by atoms with Gasteiger partial charge in [-0.3, -0.25) is 4.98 Å². The fourth-order valence-electron chi connectivity index (χ4n) is 4.34. The number of hydrogen-bond acceptors (Lipinski definition) is 4. The Morgan fingerprint density at radius 3 is 2.65 bits per heavy atom. The van der Waals surface area contributed by atoms with E-state index < -0.39 is 11.6 Å². The van der Waals surface area contributed by atoms with Gasteiger partial charge in [-0.1, -0.05) is 29.8 Å². The number of pyridine rings is 1. The Bertz CT molecular complexity index is 1340. The Morgan fingerprint density at radius 1 is 1.09 bits per heavy atom. The van der Waals surface area contributed by atoms with Crippen molar-refractivity contribution < 1.29 is 9.50 Å². The molecule has 1 aromatic heterocycles. The molecule has 0 atom stereocenters. The summed E-state index contributed by atoms with van der Waals surface area (Å²) in [6, 6.07) is 17.2. The van der Waals surface area contributed by atoms with Crippen LogP contribution in [-0.4, -0.2) is 29.1 Å². The van der Waals surface area contributed by atoms with Gasteiger partial charge in [0, 0.05) is 23.8 Å². The molecular formula is C28H27ClFN3O. The molecule has 1 fully saturated rings. The van der Waals surface area contributed by atoms with Crippen molar-refractivity contribution in [2.24, 2.45) is 5.92 Å². The van der Waals surface area contributed by atoms with E-state index in [2.05, 4.69) is 48.6 Å². The summed E-state index contributed by atoms with van der Waals surface area (Å²) in [5.74, 6) is -0.563. The number of nitrogens with zero attached hydrogens (tertiary/aromatic N) is 2. The molecule has 3 aromatic carbocycles. The van der Waals surface area contributed by atoms with Crippen molar-refractivity contribution in [3.05, 3.63) is 82.8 Å². The lowest BCUT2D eigenvalue weighted by Crippen LogP contribution is -2.10. The van der Waals surface area contributed by atoms with E-state index in [1.807, 2.05) is 24.4 Å². The Kier molecular flexibility index (Phi) is 6.15. The van der Waals surface area contributed by atoms with Crippen LogP contribution in [0.3, 0.4) is 0 Å². The number of aromatic nitrogens is 1. The molecule has 0 unspecified atom stereocenters. The van der Waals surface area contributed by atoms with Crippen molar-refractivity contribution in [3.63, 3.8) is 0 Å². The van der Waals surface area contributed by atoms with E-state index in [0.717, 1.165) is 40.8 Å².